The van der Waals surface area contributed by atoms with Crippen LogP contribution in [0.25, 0.3) is 0 Å². The second kappa shape index (κ2) is 10.2. The van der Waals surface area contributed by atoms with Crippen LogP contribution in [0.3, 0.4) is 0 Å². The van der Waals surface area contributed by atoms with Crippen LogP contribution in [0.1, 0.15) is 11.1 Å². The van der Waals surface area contributed by atoms with Crippen LogP contribution in [0.4, 0.5) is 22.2 Å². The maximum atomic E-state index is 13.6. The predicted molar refractivity (Wildman–Crippen MR) is 113 cm³/mol. The summed E-state index contributed by atoms with van der Waals surface area (Å²) in [6.45, 7) is 0.579. The lowest BCUT2D eigenvalue weighted by atomic mass is 10.2. The zero-order valence-electron chi connectivity index (χ0n) is 15.5. The van der Waals surface area contributed by atoms with Gasteiger partial charge in [0.05, 0.1) is 6.21 Å². The molecule has 0 unspecified atom stereocenters. The van der Waals surface area contributed by atoms with Crippen LogP contribution in [-0.4, -0.2) is 35.3 Å². The number of halogens is 2. The van der Waals surface area contributed by atoms with Crippen LogP contribution in [0, 0.1) is 5.82 Å². The van der Waals surface area contributed by atoms with Gasteiger partial charge >= 0.3 is 0 Å². The zero-order valence-corrected chi connectivity index (χ0v) is 16.3. The van der Waals surface area contributed by atoms with Crippen LogP contribution >= 0.6 is 12.4 Å². The maximum absolute atomic E-state index is 13.6. The molecule has 2 aromatic carbocycles. The van der Waals surface area contributed by atoms with Crippen molar-refractivity contribution >= 4 is 36.5 Å². The predicted octanol–water partition coefficient (Wildman–Crippen LogP) is 3.56. The number of benzene rings is 2. The van der Waals surface area contributed by atoms with Crippen molar-refractivity contribution in [1.82, 2.24) is 15.0 Å². The van der Waals surface area contributed by atoms with E-state index >= 15 is 0 Å². The summed E-state index contributed by atoms with van der Waals surface area (Å²) < 4.78 is 13.6. The fraction of sp³-hybridized carbons (Fsp3) is 0.158. The van der Waals surface area contributed by atoms with Gasteiger partial charge in [-0.05, 0) is 11.6 Å². The molecule has 0 amide bonds. The SMILES string of the molecule is CN(C)c1nc(NCc2ccccc2)nc(NN=Cc2ccccc2F)n1.Cl. The van der Waals surface area contributed by atoms with Crippen molar-refractivity contribution in [1.29, 1.82) is 0 Å². The number of hydrogen-bond donors (Lipinski definition) is 2. The van der Waals surface area contributed by atoms with Crippen molar-refractivity contribution in [3.8, 4) is 0 Å². The number of aromatic nitrogens is 3. The molecule has 3 aromatic rings. The van der Waals surface area contributed by atoms with Crippen LogP contribution in [-0.2, 0) is 6.54 Å². The third-order valence-corrected chi connectivity index (χ3v) is 3.59. The third kappa shape index (κ3) is 5.88. The molecule has 3 rings (SSSR count). The minimum atomic E-state index is -0.349. The molecule has 0 radical (unpaired) electrons. The van der Waals surface area contributed by atoms with Crippen LogP contribution in [0.15, 0.2) is 59.7 Å². The normalized spacial score (nSPS) is 10.4. The van der Waals surface area contributed by atoms with Gasteiger partial charge in [0.25, 0.3) is 0 Å². The molecule has 0 bridgehead atoms. The molecule has 146 valence electrons. The van der Waals surface area contributed by atoms with E-state index in [1.54, 1.807) is 23.1 Å². The van der Waals surface area contributed by atoms with Crippen molar-refractivity contribution < 1.29 is 4.39 Å². The molecule has 0 aliphatic carbocycles. The van der Waals surface area contributed by atoms with Crippen LogP contribution in [0.2, 0.25) is 0 Å². The van der Waals surface area contributed by atoms with Crippen molar-refractivity contribution in [3.63, 3.8) is 0 Å². The standard InChI is InChI=1S/C19H20FN7.ClH/c1-27(2)19-24-17(21-12-14-8-4-3-5-9-14)23-18(25-19)26-22-13-15-10-6-7-11-16(15)20;/h3-11,13H,12H2,1-2H3,(H2,21,23,24,25,26);1H. The first-order valence-corrected chi connectivity index (χ1v) is 8.36. The second-order valence-corrected chi connectivity index (χ2v) is 5.91. The Balaban J connectivity index is 0.00000280. The molecule has 0 atom stereocenters. The molecular weight excluding hydrogens is 381 g/mol. The highest BCUT2D eigenvalue weighted by molar-refractivity contribution is 5.85. The van der Waals surface area contributed by atoms with Crippen molar-refractivity contribution in [2.24, 2.45) is 5.10 Å². The Morgan fingerprint density at radius 1 is 0.964 bits per heavy atom. The summed E-state index contributed by atoms with van der Waals surface area (Å²) in [5.41, 5.74) is 4.21. The average Bonchev–Trinajstić information content (AvgIpc) is 2.68. The quantitative estimate of drug-likeness (QED) is 0.465. The Bertz CT molecular complexity index is 919. The number of nitrogens with zero attached hydrogens (tertiary/aromatic N) is 5. The van der Waals surface area contributed by atoms with Gasteiger partial charge in [-0.15, -0.1) is 12.4 Å². The highest BCUT2D eigenvalue weighted by atomic mass is 35.5. The molecular formula is C19H21ClFN7. The molecule has 9 heteroatoms. The molecule has 28 heavy (non-hydrogen) atoms. The number of nitrogens with one attached hydrogen (secondary N) is 2. The molecule has 2 N–H and O–H groups in total. The minimum absolute atomic E-state index is 0. The summed E-state index contributed by atoms with van der Waals surface area (Å²) in [7, 11) is 3.67. The highest BCUT2D eigenvalue weighted by Crippen LogP contribution is 2.13. The lowest BCUT2D eigenvalue weighted by molar-refractivity contribution is 0.626. The monoisotopic (exact) mass is 401 g/mol. The van der Waals surface area contributed by atoms with E-state index in [0.29, 0.717) is 24.0 Å². The molecule has 0 saturated heterocycles. The topological polar surface area (TPSA) is 78.3 Å². The Hall–Kier alpha value is -3.26. The van der Waals surface area contributed by atoms with Gasteiger partial charge in [0, 0.05) is 26.2 Å². The Morgan fingerprint density at radius 3 is 2.36 bits per heavy atom. The van der Waals surface area contributed by atoms with E-state index in [2.05, 4.69) is 30.8 Å². The molecule has 7 nitrogen and oxygen atoms in total. The second-order valence-electron chi connectivity index (χ2n) is 5.91. The summed E-state index contributed by atoms with van der Waals surface area (Å²) >= 11 is 0. The maximum Gasteiger partial charge on any atom is 0.250 e. The van der Waals surface area contributed by atoms with Gasteiger partial charge < -0.3 is 10.2 Å². The summed E-state index contributed by atoms with van der Waals surface area (Å²) in [6, 6.07) is 16.3. The fourth-order valence-electron chi connectivity index (χ4n) is 2.21. The van der Waals surface area contributed by atoms with Gasteiger partial charge in [-0.25, -0.2) is 9.82 Å². The van der Waals surface area contributed by atoms with E-state index in [4.69, 9.17) is 0 Å². The fourth-order valence-corrected chi connectivity index (χ4v) is 2.21. The van der Waals surface area contributed by atoms with Gasteiger partial charge in [0.2, 0.25) is 17.8 Å². The first kappa shape index (κ1) is 21.0. The number of anilines is 3. The van der Waals surface area contributed by atoms with E-state index in [1.165, 1.54) is 12.3 Å². The molecule has 0 aliphatic heterocycles. The van der Waals surface area contributed by atoms with Gasteiger partial charge in [0.1, 0.15) is 5.82 Å². The zero-order chi connectivity index (χ0) is 19.1. The third-order valence-electron chi connectivity index (χ3n) is 3.59. The summed E-state index contributed by atoms with van der Waals surface area (Å²) in [5, 5.41) is 7.19. The van der Waals surface area contributed by atoms with Gasteiger partial charge in [-0.2, -0.15) is 20.1 Å². The van der Waals surface area contributed by atoms with E-state index in [9.17, 15) is 4.39 Å². The largest absolute Gasteiger partial charge is 0.350 e. The lowest BCUT2D eigenvalue weighted by Gasteiger charge is -2.13. The molecule has 0 saturated carbocycles. The van der Waals surface area contributed by atoms with E-state index in [1.807, 2.05) is 44.4 Å². The first-order valence-electron chi connectivity index (χ1n) is 8.36. The van der Waals surface area contributed by atoms with E-state index in [-0.39, 0.29) is 24.2 Å². The van der Waals surface area contributed by atoms with E-state index in [0.717, 1.165) is 5.56 Å². The Morgan fingerprint density at radius 2 is 1.64 bits per heavy atom. The number of hydrazone groups is 1. The summed E-state index contributed by atoms with van der Waals surface area (Å²) in [6.07, 6.45) is 1.38. The molecule has 1 aromatic heterocycles. The van der Waals surface area contributed by atoms with Crippen LogP contribution in [0.5, 0.6) is 0 Å². The van der Waals surface area contributed by atoms with Gasteiger partial charge in [-0.3, -0.25) is 0 Å². The Labute approximate surface area is 169 Å². The van der Waals surface area contributed by atoms with E-state index < -0.39 is 0 Å². The Kier molecular flexibility index (Phi) is 7.65. The average molecular weight is 402 g/mol. The summed E-state index contributed by atoms with van der Waals surface area (Å²) in [4.78, 5) is 14.7. The van der Waals surface area contributed by atoms with Crippen LogP contribution < -0.4 is 15.6 Å². The molecule has 0 spiro atoms. The smallest absolute Gasteiger partial charge is 0.250 e. The van der Waals surface area contributed by atoms with Crippen molar-refractivity contribution in [2.75, 3.05) is 29.7 Å². The molecule has 0 aliphatic rings. The molecule has 1 heterocycles. The van der Waals surface area contributed by atoms with Gasteiger partial charge in [-0.1, -0.05) is 48.5 Å². The number of hydrogen-bond acceptors (Lipinski definition) is 7. The van der Waals surface area contributed by atoms with Crippen molar-refractivity contribution in [2.45, 2.75) is 6.54 Å². The first-order chi connectivity index (χ1) is 13.1. The number of rotatable bonds is 7. The van der Waals surface area contributed by atoms with Crippen molar-refractivity contribution in [3.05, 3.63) is 71.5 Å². The molecule has 0 fully saturated rings. The minimum Gasteiger partial charge on any atom is -0.350 e. The lowest BCUT2D eigenvalue weighted by Crippen LogP contribution is -2.16. The van der Waals surface area contributed by atoms with Gasteiger partial charge in [0.15, 0.2) is 0 Å². The summed E-state index contributed by atoms with van der Waals surface area (Å²) in [5.74, 6) is 0.806. The highest BCUT2D eigenvalue weighted by Gasteiger charge is 2.08.